The van der Waals surface area contributed by atoms with Gasteiger partial charge in [-0.05, 0) is 49.1 Å². The van der Waals surface area contributed by atoms with Crippen molar-refractivity contribution in [3.8, 4) is 0 Å². The second-order valence-corrected chi connectivity index (χ2v) is 7.91. The fraction of sp³-hybridized carbons (Fsp3) is 0.391. The zero-order chi connectivity index (χ0) is 20.5. The fourth-order valence-electron chi connectivity index (χ4n) is 3.53. The molecule has 6 heteroatoms. The third-order valence-corrected chi connectivity index (χ3v) is 5.43. The number of piperidine rings is 1. The van der Waals surface area contributed by atoms with Crippen molar-refractivity contribution in [3.05, 3.63) is 70.7 Å². The Labute approximate surface area is 177 Å². The molecule has 29 heavy (non-hydrogen) atoms. The van der Waals surface area contributed by atoms with Gasteiger partial charge < -0.3 is 10.6 Å². The van der Waals surface area contributed by atoms with E-state index in [4.69, 9.17) is 11.6 Å². The number of nitrogens with one attached hydrogen (secondary N) is 2. The van der Waals surface area contributed by atoms with E-state index < -0.39 is 0 Å². The highest BCUT2D eigenvalue weighted by atomic mass is 35.5. The summed E-state index contributed by atoms with van der Waals surface area (Å²) in [5.74, 6) is -0.0832. The minimum atomic E-state index is -0.145. The molecule has 0 saturated carbocycles. The van der Waals surface area contributed by atoms with Crippen molar-refractivity contribution in [2.24, 2.45) is 0 Å². The maximum Gasteiger partial charge on any atom is 0.251 e. The summed E-state index contributed by atoms with van der Waals surface area (Å²) in [6, 6.07) is 17.5. The van der Waals surface area contributed by atoms with Crippen molar-refractivity contribution in [1.29, 1.82) is 0 Å². The number of rotatable bonds is 8. The average molecular weight is 414 g/mol. The summed E-state index contributed by atoms with van der Waals surface area (Å²) in [6.07, 6.45) is 3.00. The van der Waals surface area contributed by atoms with Crippen LogP contribution in [0.25, 0.3) is 0 Å². The predicted molar refractivity (Wildman–Crippen MR) is 116 cm³/mol. The standard InChI is InChI=1S/C23H28ClN3O2/c24-20-10-8-19(9-11-20)23(29)25-14-4-7-22(28)26-21-12-15-27(16-13-21)17-18-5-2-1-3-6-18/h1-3,5-6,8-11,21H,4,7,12-17H2,(H,25,29)(H,26,28). The molecule has 5 nitrogen and oxygen atoms in total. The van der Waals surface area contributed by atoms with Crippen molar-refractivity contribution in [2.45, 2.75) is 38.3 Å². The second-order valence-electron chi connectivity index (χ2n) is 7.47. The van der Waals surface area contributed by atoms with E-state index in [0.717, 1.165) is 32.5 Å². The van der Waals surface area contributed by atoms with E-state index in [1.807, 2.05) is 6.07 Å². The highest BCUT2D eigenvalue weighted by molar-refractivity contribution is 6.30. The molecule has 0 aliphatic carbocycles. The molecule has 0 aromatic heterocycles. The number of carbonyl (C=O) groups excluding carboxylic acids is 2. The quantitative estimate of drug-likeness (QED) is 0.649. The zero-order valence-corrected chi connectivity index (χ0v) is 17.3. The van der Waals surface area contributed by atoms with Crippen LogP contribution in [0.15, 0.2) is 54.6 Å². The Morgan fingerprint density at radius 2 is 1.69 bits per heavy atom. The van der Waals surface area contributed by atoms with Crippen LogP contribution in [-0.2, 0) is 11.3 Å². The van der Waals surface area contributed by atoms with Crippen LogP contribution >= 0.6 is 11.6 Å². The van der Waals surface area contributed by atoms with Gasteiger partial charge in [-0.25, -0.2) is 0 Å². The van der Waals surface area contributed by atoms with Crippen molar-refractivity contribution in [2.75, 3.05) is 19.6 Å². The lowest BCUT2D eigenvalue weighted by molar-refractivity contribution is -0.122. The van der Waals surface area contributed by atoms with E-state index in [1.54, 1.807) is 24.3 Å². The molecule has 1 saturated heterocycles. The number of carbonyl (C=O) groups is 2. The van der Waals surface area contributed by atoms with Crippen LogP contribution in [0.5, 0.6) is 0 Å². The molecule has 2 aromatic carbocycles. The molecular formula is C23H28ClN3O2. The van der Waals surface area contributed by atoms with Crippen LogP contribution in [-0.4, -0.2) is 42.4 Å². The Kier molecular flexibility index (Phi) is 8.08. The molecule has 0 radical (unpaired) electrons. The Balaban J connectivity index is 1.28. The van der Waals surface area contributed by atoms with Gasteiger partial charge in [0.1, 0.15) is 0 Å². The Hall–Kier alpha value is -2.37. The van der Waals surface area contributed by atoms with Crippen molar-refractivity contribution < 1.29 is 9.59 Å². The topological polar surface area (TPSA) is 61.4 Å². The minimum Gasteiger partial charge on any atom is -0.353 e. The molecule has 1 aliphatic rings. The highest BCUT2D eigenvalue weighted by Gasteiger charge is 2.20. The number of benzene rings is 2. The summed E-state index contributed by atoms with van der Waals surface area (Å²) in [6.45, 7) is 3.44. The number of likely N-dealkylation sites (tertiary alicyclic amines) is 1. The summed E-state index contributed by atoms with van der Waals surface area (Å²) in [5.41, 5.74) is 1.90. The van der Waals surface area contributed by atoms with E-state index >= 15 is 0 Å². The smallest absolute Gasteiger partial charge is 0.251 e. The molecule has 0 unspecified atom stereocenters. The normalized spacial score (nSPS) is 15.1. The number of amides is 2. The van der Waals surface area contributed by atoms with E-state index in [1.165, 1.54) is 5.56 Å². The number of nitrogens with zero attached hydrogens (tertiary/aromatic N) is 1. The van der Waals surface area contributed by atoms with Gasteiger partial charge in [0.05, 0.1) is 0 Å². The Morgan fingerprint density at radius 3 is 2.38 bits per heavy atom. The maximum absolute atomic E-state index is 12.2. The van der Waals surface area contributed by atoms with Crippen molar-refractivity contribution in [1.82, 2.24) is 15.5 Å². The summed E-state index contributed by atoms with van der Waals surface area (Å²) in [4.78, 5) is 26.6. The molecule has 1 heterocycles. The van der Waals surface area contributed by atoms with Crippen LogP contribution in [0.1, 0.15) is 41.6 Å². The van der Waals surface area contributed by atoms with Gasteiger partial charge in [0, 0.05) is 49.2 Å². The molecule has 0 spiro atoms. The fourth-order valence-corrected chi connectivity index (χ4v) is 3.66. The minimum absolute atomic E-state index is 0.0623. The van der Waals surface area contributed by atoms with Gasteiger partial charge in [-0.2, -0.15) is 0 Å². The van der Waals surface area contributed by atoms with Crippen LogP contribution < -0.4 is 10.6 Å². The monoisotopic (exact) mass is 413 g/mol. The SMILES string of the molecule is O=C(CCCNC(=O)c1ccc(Cl)cc1)NC1CCN(Cc2ccccc2)CC1. The third-order valence-electron chi connectivity index (χ3n) is 5.17. The van der Waals surface area contributed by atoms with E-state index in [-0.39, 0.29) is 17.9 Å². The van der Waals surface area contributed by atoms with E-state index in [9.17, 15) is 9.59 Å². The zero-order valence-electron chi connectivity index (χ0n) is 16.6. The van der Waals surface area contributed by atoms with Gasteiger partial charge in [0.25, 0.3) is 5.91 Å². The summed E-state index contributed by atoms with van der Waals surface area (Å²) in [7, 11) is 0. The summed E-state index contributed by atoms with van der Waals surface area (Å²) < 4.78 is 0. The third kappa shape index (κ3) is 7.18. The first-order valence-electron chi connectivity index (χ1n) is 10.2. The van der Waals surface area contributed by atoms with Crippen LogP contribution in [0.4, 0.5) is 0 Å². The molecule has 154 valence electrons. The summed E-state index contributed by atoms with van der Waals surface area (Å²) in [5, 5.41) is 6.58. The van der Waals surface area contributed by atoms with Crippen molar-refractivity contribution >= 4 is 23.4 Å². The van der Waals surface area contributed by atoms with Crippen LogP contribution in [0.2, 0.25) is 5.02 Å². The molecule has 1 aliphatic heterocycles. The van der Waals surface area contributed by atoms with Gasteiger partial charge in [-0.3, -0.25) is 14.5 Å². The predicted octanol–water partition coefficient (Wildman–Crippen LogP) is 3.63. The Bertz CT molecular complexity index is 788. The molecule has 3 rings (SSSR count). The molecular weight excluding hydrogens is 386 g/mol. The lowest BCUT2D eigenvalue weighted by atomic mass is 10.0. The van der Waals surface area contributed by atoms with Crippen molar-refractivity contribution in [3.63, 3.8) is 0 Å². The van der Waals surface area contributed by atoms with Gasteiger partial charge in [0.2, 0.25) is 5.91 Å². The molecule has 2 aromatic rings. The maximum atomic E-state index is 12.2. The highest BCUT2D eigenvalue weighted by Crippen LogP contribution is 2.14. The molecule has 1 fully saturated rings. The van der Waals surface area contributed by atoms with Gasteiger partial charge in [-0.15, -0.1) is 0 Å². The van der Waals surface area contributed by atoms with E-state index in [0.29, 0.717) is 30.0 Å². The lowest BCUT2D eigenvalue weighted by Gasteiger charge is -2.32. The molecule has 0 atom stereocenters. The first-order chi connectivity index (χ1) is 14.1. The summed E-state index contributed by atoms with van der Waals surface area (Å²) >= 11 is 5.82. The molecule has 2 N–H and O–H groups in total. The first kappa shape index (κ1) is 21.3. The number of halogens is 1. The average Bonchev–Trinajstić information content (AvgIpc) is 2.74. The van der Waals surface area contributed by atoms with Crippen LogP contribution in [0.3, 0.4) is 0 Å². The largest absolute Gasteiger partial charge is 0.353 e. The van der Waals surface area contributed by atoms with Crippen LogP contribution in [0, 0.1) is 0 Å². The molecule has 0 bridgehead atoms. The lowest BCUT2D eigenvalue weighted by Crippen LogP contribution is -2.44. The van der Waals surface area contributed by atoms with E-state index in [2.05, 4.69) is 39.8 Å². The Morgan fingerprint density at radius 1 is 1.00 bits per heavy atom. The second kappa shape index (κ2) is 11.0. The van der Waals surface area contributed by atoms with Gasteiger partial charge >= 0.3 is 0 Å². The number of hydrogen-bond acceptors (Lipinski definition) is 3. The van der Waals surface area contributed by atoms with Gasteiger partial charge in [-0.1, -0.05) is 41.9 Å². The first-order valence-corrected chi connectivity index (χ1v) is 10.6. The number of hydrogen-bond donors (Lipinski definition) is 2. The van der Waals surface area contributed by atoms with Gasteiger partial charge in [0.15, 0.2) is 0 Å². The molecule has 2 amide bonds.